The van der Waals surface area contributed by atoms with Gasteiger partial charge in [0.15, 0.2) is 0 Å². The van der Waals surface area contributed by atoms with E-state index in [1.165, 1.54) is 35.7 Å². The Morgan fingerprint density at radius 2 is 1.77 bits per heavy atom. The lowest BCUT2D eigenvalue weighted by Crippen LogP contribution is -2.40. The van der Waals surface area contributed by atoms with Crippen molar-refractivity contribution in [3.05, 3.63) is 64.7 Å². The zero-order chi connectivity index (χ0) is 21.7. The quantitative estimate of drug-likeness (QED) is 0.626. The van der Waals surface area contributed by atoms with Crippen LogP contribution >= 0.6 is 11.6 Å². The SMILES string of the molecule is COC(=O)c1cccc(COC(=O)C2CCN(S(=O)(=O)c3ccc(Cl)cc3)CC2)c1. The van der Waals surface area contributed by atoms with Gasteiger partial charge < -0.3 is 9.47 Å². The van der Waals surface area contributed by atoms with Crippen molar-refractivity contribution in [1.29, 1.82) is 0 Å². The number of hydrogen-bond acceptors (Lipinski definition) is 6. The van der Waals surface area contributed by atoms with Crippen LogP contribution in [0.3, 0.4) is 0 Å². The molecule has 0 bridgehead atoms. The van der Waals surface area contributed by atoms with E-state index in [0.717, 1.165) is 0 Å². The number of sulfonamides is 1. The third-order valence-corrected chi connectivity index (χ3v) is 7.13. The van der Waals surface area contributed by atoms with Gasteiger partial charge in [-0.15, -0.1) is 0 Å². The van der Waals surface area contributed by atoms with Gasteiger partial charge in [0.05, 0.1) is 23.5 Å². The predicted octanol–water partition coefficient (Wildman–Crippen LogP) is 3.27. The first-order valence-corrected chi connectivity index (χ1v) is 11.2. The van der Waals surface area contributed by atoms with Gasteiger partial charge in [0, 0.05) is 18.1 Å². The summed E-state index contributed by atoms with van der Waals surface area (Å²) < 4.78 is 36.9. The second-order valence-corrected chi connectivity index (χ2v) is 9.31. The Morgan fingerprint density at radius 3 is 2.40 bits per heavy atom. The molecule has 1 aliphatic rings. The van der Waals surface area contributed by atoms with E-state index in [9.17, 15) is 18.0 Å². The standard InChI is InChI=1S/C21H22ClNO6S/c1-28-20(24)17-4-2-3-15(13-17)14-29-21(25)16-9-11-23(12-10-16)30(26,27)19-7-5-18(22)6-8-19/h2-8,13,16H,9-12,14H2,1H3. The number of carbonyl (C=O) groups excluding carboxylic acids is 2. The van der Waals surface area contributed by atoms with Gasteiger partial charge in [-0.25, -0.2) is 13.2 Å². The van der Waals surface area contributed by atoms with Crippen LogP contribution in [0.4, 0.5) is 0 Å². The topological polar surface area (TPSA) is 90.0 Å². The highest BCUT2D eigenvalue weighted by atomic mass is 35.5. The minimum absolute atomic E-state index is 0.0347. The van der Waals surface area contributed by atoms with E-state index in [2.05, 4.69) is 4.74 Å². The first-order valence-electron chi connectivity index (χ1n) is 9.41. The van der Waals surface area contributed by atoms with Crippen LogP contribution in [-0.4, -0.2) is 44.9 Å². The van der Waals surface area contributed by atoms with Gasteiger partial charge in [-0.1, -0.05) is 23.7 Å². The molecule has 0 atom stereocenters. The Bertz CT molecular complexity index is 1010. The number of ether oxygens (including phenoxy) is 2. The molecule has 0 unspecified atom stereocenters. The molecule has 0 saturated carbocycles. The van der Waals surface area contributed by atoms with Gasteiger partial charge in [-0.05, 0) is 54.8 Å². The fraction of sp³-hybridized carbons (Fsp3) is 0.333. The molecule has 2 aromatic carbocycles. The number of benzene rings is 2. The molecular weight excluding hydrogens is 430 g/mol. The van der Waals surface area contributed by atoms with Crippen LogP contribution < -0.4 is 0 Å². The van der Waals surface area contributed by atoms with E-state index in [-0.39, 0.29) is 36.5 Å². The first-order chi connectivity index (χ1) is 14.3. The van der Waals surface area contributed by atoms with Crippen molar-refractivity contribution in [3.63, 3.8) is 0 Å². The van der Waals surface area contributed by atoms with Crippen LogP contribution in [0.15, 0.2) is 53.4 Å². The van der Waals surface area contributed by atoms with E-state index in [1.54, 1.807) is 24.3 Å². The van der Waals surface area contributed by atoms with Gasteiger partial charge in [0.1, 0.15) is 6.61 Å². The summed E-state index contributed by atoms with van der Waals surface area (Å²) in [5.41, 5.74) is 1.06. The lowest BCUT2D eigenvalue weighted by Gasteiger charge is -2.30. The molecule has 0 N–H and O–H groups in total. The van der Waals surface area contributed by atoms with Crippen LogP contribution in [0.25, 0.3) is 0 Å². The molecule has 0 aliphatic carbocycles. The summed E-state index contributed by atoms with van der Waals surface area (Å²) in [5.74, 6) is -1.20. The normalized spacial score (nSPS) is 15.5. The average Bonchev–Trinajstić information content (AvgIpc) is 2.77. The summed E-state index contributed by atoms with van der Waals surface area (Å²) in [6.45, 7) is 0.512. The van der Waals surface area contributed by atoms with Crippen molar-refractivity contribution in [1.82, 2.24) is 4.31 Å². The summed E-state index contributed by atoms with van der Waals surface area (Å²) >= 11 is 5.82. The summed E-state index contributed by atoms with van der Waals surface area (Å²) in [5, 5.41) is 0.465. The molecular formula is C21H22ClNO6S. The number of methoxy groups -OCH3 is 1. The Morgan fingerprint density at radius 1 is 1.10 bits per heavy atom. The number of esters is 2. The molecule has 30 heavy (non-hydrogen) atoms. The Labute approximate surface area is 180 Å². The molecule has 1 heterocycles. The molecule has 1 fully saturated rings. The predicted molar refractivity (Wildman–Crippen MR) is 111 cm³/mol. The van der Waals surface area contributed by atoms with E-state index in [4.69, 9.17) is 16.3 Å². The van der Waals surface area contributed by atoms with Crippen molar-refractivity contribution in [2.24, 2.45) is 5.92 Å². The van der Waals surface area contributed by atoms with E-state index < -0.39 is 16.0 Å². The summed E-state index contributed by atoms with van der Waals surface area (Å²) in [4.78, 5) is 24.2. The number of hydrogen-bond donors (Lipinski definition) is 0. The fourth-order valence-corrected chi connectivity index (χ4v) is 4.86. The van der Waals surface area contributed by atoms with Gasteiger partial charge in [0.25, 0.3) is 0 Å². The molecule has 1 aliphatic heterocycles. The minimum atomic E-state index is -3.62. The van der Waals surface area contributed by atoms with E-state index in [0.29, 0.717) is 29.0 Å². The Balaban J connectivity index is 1.54. The highest BCUT2D eigenvalue weighted by Gasteiger charge is 2.32. The van der Waals surface area contributed by atoms with Crippen LogP contribution in [0.1, 0.15) is 28.8 Å². The number of piperidine rings is 1. The smallest absolute Gasteiger partial charge is 0.337 e. The van der Waals surface area contributed by atoms with Crippen LogP contribution in [-0.2, 0) is 30.9 Å². The zero-order valence-corrected chi connectivity index (χ0v) is 18.0. The molecule has 0 radical (unpaired) electrons. The van der Waals surface area contributed by atoms with E-state index in [1.807, 2.05) is 0 Å². The molecule has 1 saturated heterocycles. The molecule has 0 amide bonds. The molecule has 0 spiro atoms. The Kier molecular flexibility index (Phi) is 7.12. The van der Waals surface area contributed by atoms with Crippen LogP contribution in [0.2, 0.25) is 5.02 Å². The molecule has 0 aromatic heterocycles. The highest BCUT2D eigenvalue weighted by molar-refractivity contribution is 7.89. The molecule has 2 aromatic rings. The van der Waals surface area contributed by atoms with Crippen molar-refractivity contribution in [2.45, 2.75) is 24.3 Å². The monoisotopic (exact) mass is 451 g/mol. The number of halogens is 1. The van der Waals surface area contributed by atoms with Crippen molar-refractivity contribution in [3.8, 4) is 0 Å². The van der Waals surface area contributed by atoms with Crippen LogP contribution in [0, 0.1) is 5.92 Å². The third-order valence-electron chi connectivity index (χ3n) is 4.97. The maximum Gasteiger partial charge on any atom is 0.337 e. The van der Waals surface area contributed by atoms with Crippen molar-refractivity contribution < 1.29 is 27.5 Å². The second-order valence-electron chi connectivity index (χ2n) is 6.93. The fourth-order valence-electron chi connectivity index (χ4n) is 3.27. The summed E-state index contributed by atoms with van der Waals surface area (Å²) in [6.07, 6.45) is 0.766. The molecule has 9 heteroatoms. The number of nitrogens with zero attached hydrogens (tertiary/aromatic N) is 1. The third kappa shape index (κ3) is 5.19. The molecule has 160 valence electrons. The van der Waals surface area contributed by atoms with Gasteiger partial charge in [-0.3, -0.25) is 4.79 Å². The molecule has 3 rings (SSSR count). The van der Waals surface area contributed by atoms with Crippen molar-refractivity contribution >= 4 is 33.6 Å². The summed E-state index contributed by atoms with van der Waals surface area (Å²) in [7, 11) is -2.32. The highest BCUT2D eigenvalue weighted by Crippen LogP contribution is 2.25. The molecule has 7 nitrogen and oxygen atoms in total. The largest absolute Gasteiger partial charge is 0.465 e. The minimum Gasteiger partial charge on any atom is -0.465 e. The average molecular weight is 452 g/mol. The number of rotatable bonds is 6. The maximum absolute atomic E-state index is 12.7. The Hall–Kier alpha value is -2.42. The summed E-state index contributed by atoms with van der Waals surface area (Å²) in [6, 6.07) is 12.7. The van der Waals surface area contributed by atoms with Gasteiger partial charge in [0.2, 0.25) is 10.0 Å². The number of carbonyl (C=O) groups is 2. The lowest BCUT2D eigenvalue weighted by molar-refractivity contribution is -0.151. The van der Waals surface area contributed by atoms with Crippen molar-refractivity contribution in [2.75, 3.05) is 20.2 Å². The first kappa shape index (κ1) is 22.3. The lowest BCUT2D eigenvalue weighted by atomic mass is 9.98. The zero-order valence-electron chi connectivity index (χ0n) is 16.4. The maximum atomic E-state index is 12.7. The second kappa shape index (κ2) is 9.59. The van der Waals surface area contributed by atoms with Gasteiger partial charge in [-0.2, -0.15) is 4.31 Å². The van der Waals surface area contributed by atoms with E-state index >= 15 is 0 Å². The van der Waals surface area contributed by atoms with Crippen LogP contribution in [0.5, 0.6) is 0 Å². The van der Waals surface area contributed by atoms with Gasteiger partial charge >= 0.3 is 11.9 Å².